The third-order valence-corrected chi connectivity index (χ3v) is 2.81. The van der Waals surface area contributed by atoms with Crippen molar-refractivity contribution in [3.05, 3.63) is 47.0 Å². The highest BCUT2D eigenvalue weighted by Gasteiger charge is 2.08. The van der Waals surface area contributed by atoms with Gasteiger partial charge in [0, 0.05) is 17.8 Å². The van der Waals surface area contributed by atoms with Crippen LogP contribution in [-0.4, -0.2) is 7.11 Å². The molecule has 0 bridgehead atoms. The third-order valence-electron chi connectivity index (χ3n) is 2.52. The number of benzene rings is 2. The van der Waals surface area contributed by atoms with Gasteiger partial charge in [-0.1, -0.05) is 11.6 Å². The van der Waals surface area contributed by atoms with E-state index in [1.807, 2.05) is 0 Å². The maximum absolute atomic E-state index is 13.4. The fourth-order valence-electron chi connectivity index (χ4n) is 1.56. The van der Waals surface area contributed by atoms with Crippen LogP contribution >= 0.6 is 11.6 Å². The van der Waals surface area contributed by atoms with Gasteiger partial charge in [0.1, 0.15) is 5.82 Å². The van der Waals surface area contributed by atoms with Gasteiger partial charge in [0.05, 0.1) is 23.5 Å². The Morgan fingerprint density at radius 1 is 1.16 bits per heavy atom. The van der Waals surface area contributed by atoms with Crippen molar-refractivity contribution < 1.29 is 13.5 Å². The zero-order valence-corrected chi connectivity index (χ0v) is 10.8. The van der Waals surface area contributed by atoms with E-state index >= 15 is 0 Å². The number of nitrogens with two attached hydrogens (primary N) is 1. The number of nitrogens with one attached hydrogen (secondary N) is 1. The summed E-state index contributed by atoms with van der Waals surface area (Å²) in [6, 6.07) is 6.65. The van der Waals surface area contributed by atoms with Crippen LogP contribution in [0.1, 0.15) is 0 Å². The van der Waals surface area contributed by atoms with Crippen molar-refractivity contribution in [2.45, 2.75) is 0 Å². The number of rotatable bonds is 3. The van der Waals surface area contributed by atoms with Gasteiger partial charge in [-0.05, 0) is 18.2 Å². The minimum Gasteiger partial charge on any atom is -0.494 e. The molecular formula is C13H11ClF2N2O. The van der Waals surface area contributed by atoms with Gasteiger partial charge in [-0.3, -0.25) is 0 Å². The van der Waals surface area contributed by atoms with E-state index in [1.54, 1.807) is 0 Å². The summed E-state index contributed by atoms with van der Waals surface area (Å²) < 4.78 is 31.5. The topological polar surface area (TPSA) is 47.3 Å². The van der Waals surface area contributed by atoms with Gasteiger partial charge in [0.15, 0.2) is 11.6 Å². The number of nitrogen functional groups attached to an aromatic ring is 1. The van der Waals surface area contributed by atoms with Gasteiger partial charge in [-0.2, -0.15) is 0 Å². The molecular weight excluding hydrogens is 274 g/mol. The zero-order chi connectivity index (χ0) is 14.0. The lowest BCUT2D eigenvalue weighted by Crippen LogP contribution is -1.98. The molecule has 2 aromatic rings. The van der Waals surface area contributed by atoms with Crippen LogP contribution in [0.2, 0.25) is 5.02 Å². The quantitative estimate of drug-likeness (QED) is 0.839. The van der Waals surface area contributed by atoms with Crippen molar-refractivity contribution in [2.75, 3.05) is 18.2 Å². The average Bonchev–Trinajstić information content (AvgIpc) is 2.38. The Hall–Kier alpha value is -2.01. The fourth-order valence-corrected chi connectivity index (χ4v) is 1.74. The summed E-state index contributed by atoms with van der Waals surface area (Å²) in [5.41, 5.74) is 6.87. The van der Waals surface area contributed by atoms with Crippen molar-refractivity contribution in [1.82, 2.24) is 0 Å². The zero-order valence-electron chi connectivity index (χ0n) is 10.0. The fraction of sp³-hybridized carbons (Fsp3) is 0.0769. The Balaban J connectivity index is 2.33. The molecule has 6 heteroatoms. The Bertz CT molecular complexity index is 620. The number of hydrogen-bond donors (Lipinski definition) is 2. The third kappa shape index (κ3) is 2.88. The highest BCUT2D eigenvalue weighted by Crippen LogP contribution is 2.30. The molecule has 3 nitrogen and oxygen atoms in total. The van der Waals surface area contributed by atoms with Gasteiger partial charge in [0.25, 0.3) is 0 Å². The van der Waals surface area contributed by atoms with Gasteiger partial charge in [0.2, 0.25) is 0 Å². The van der Waals surface area contributed by atoms with Crippen molar-refractivity contribution in [1.29, 1.82) is 0 Å². The molecule has 0 unspecified atom stereocenters. The van der Waals surface area contributed by atoms with Crippen LogP contribution in [0.4, 0.5) is 25.8 Å². The molecule has 3 N–H and O–H groups in total. The summed E-state index contributed by atoms with van der Waals surface area (Å²) >= 11 is 5.61. The lowest BCUT2D eigenvalue weighted by Gasteiger charge is -2.11. The molecule has 0 radical (unpaired) electrons. The molecule has 0 amide bonds. The van der Waals surface area contributed by atoms with Gasteiger partial charge < -0.3 is 15.8 Å². The van der Waals surface area contributed by atoms with Gasteiger partial charge in [-0.25, -0.2) is 8.78 Å². The molecule has 0 aliphatic rings. The summed E-state index contributed by atoms with van der Waals surface area (Å²) in [6.07, 6.45) is 0. The average molecular weight is 285 g/mol. The van der Waals surface area contributed by atoms with Gasteiger partial charge >= 0.3 is 0 Å². The first-order valence-corrected chi connectivity index (χ1v) is 5.74. The lowest BCUT2D eigenvalue weighted by molar-refractivity contribution is 0.387. The number of methoxy groups -OCH3 is 1. The Morgan fingerprint density at radius 2 is 1.89 bits per heavy atom. The SMILES string of the molecule is COc1cc(Nc2cc(F)c(Cl)cc2N)ccc1F. The molecule has 2 aromatic carbocycles. The Kier molecular flexibility index (Phi) is 3.76. The summed E-state index contributed by atoms with van der Waals surface area (Å²) in [5.74, 6) is -0.992. The standard InChI is InChI=1S/C13H11ClF2N2O/c1-19-13-4-7(2-3-9(13)15)18-12-6-10(16)8(14)5-11(12)17/h2-6,18H,17H2,1H3. The van der Waals surface area contributed by atoms with Crippen molar-refractivity contribution >= 4 is 28.7 Å². The molecule has 0 saturated heterocycles. The Labute approximate surface area is 113 Å². The van der Waals surface area contributed by atoms with E-state index in [2.05, 4.69) is 5.32 Å². The molecule has 0 aromatic heterocycles. The monoisotopic (exact) mass is 284 g/mol. The van der Waals surface area contributed by atoms with Crippen LogP contribution in [0, 0.1) is 11.6 Å². The number of ether oxygens (including phenoxy) is 1. The summed E-state index contributed by atoms with van der Waals surface area (Å²) in [7, 11) is 1.36. The Morgan fingerprint density at radius 3 is 2.58 bits per heavy atom. The smallest absolute Gasteiger partial charge is 0.165 e. The highest BCUT2D eigenvalue weighted by atomic mass is 35.5. The maximum Gasteiger partial charge on any atom is 0.165 e. The van der Waals surface area contributed by atoms with Crippen molar-refractivity contribution in [3.63, 3.8) is 0 Å². The van der Waals surface area contributed by atoms with E-state index in [4.69, 9.17) is 22.1 Å². The first-order chi connectivity index (χ1) is 9.01. The normalized spacial score (nSPS) is 10.3. The molecule has 0 aliphatic heterocycles. The molecule has 0 fully saturated rings. The van der Waals surface area contributed by atoms with Crippen molar-refractivity contribution in [3.8, 4) is 5.75 Å². The predicted molar refractivity (Wildman–Crippen MR) is 72.1 cm³/mol. The minimum atomic E-state index is -0.590. The van der Waals surface area contributed by atoms with E-state index in [9.17, 15) is 8.78 Å². The van der Waals surface area contributed by atoms with Crippen LogP contribution in [0.25, 0.3) is 0 Å². The summed E-state index contributed by atoms with van der Waals surface area (Å²) in [6.45, 7) is 0. The lowest BCUT2D eigenvalue weighted by atomic mass is 10.2. The van der Waals surface area contributed by atoms with Crippen LogP contribution < -0.4 is 15.8 Å². The number of hydrogen-bond acceptors (Lipinski definition) is 3. The van der Waals surface area contributed by atoms with Crippen LogP contribution in [0.3, 0.4) is 0 Å². The molecule has 0 saturated carbocycles. The van der Waals surface area contributed by atoms with Crippen LogP contribution in [-0.2, 0) is 0 Å². The summed E-state index contributed by atoms with van der Waals surface area (Å²) in [4.78, 5) is 0. The van der Waals surface area contributed by atoms with Crippen LogP contribution in [0.5, 0.6) is 5.75 Å². The van der Waals surface area contributed by atoms with E-state index < -0.39 is 11.6 Å². The van der Waals surface area contributed by atoms with E-state index in [0.29, 0.717) is 11.4 Å². The molecule has 0 aliphatic carbocycles. The summed E-state index contributed by atoms with van der Waals surface area (Å²) in [5, 5.41) is 2.82. The van der Waals surface area contributed by atoms with E-state index in [1.165, 1.54) is 37.4 Å². The molecule has 100 valence electrons. The molecule has 0 atom stereocenters. The van der Waals surface area contributed by atoms with E-state index in [0.717, 1.165) is 0 Å². The number of halogens is 3. The van der Waals surface area contributed by atoms with E-state index in [-0.39, 0.29) is 16.5 Å². The molecule has 19 heavy (non-hydrogen) atoms. The van der Waals surface area contributed by atoms with Crippen LogP contribution in [0.15, 0.2) is 30.3 Å². The highest BCUT2D eigenvalue weighted by molar-refractivity contribution is 6.31. The molecule has 0 heterocycles. The second-order valence-electron chi connectivity index (χ2n) is 3.83. The first-order valence-electron chi connectivity index (χ1n) is 5.36. The second kappa shape index (κ2) is 5.32. The molecule has 0 spiro atoms. The van der Waals surface area contributed by atoms with Gasteiger partial charge in [-0.15, -0.1) is 0 Å². The predicted octanol–water partition coefficient (Wildman–Crippen LogP) is 3.95. The maximum atomic E-state index is 13.4. The first kappa shape index (κ1) is 13.4. The molecule has 2 rings (SSSR count). The number of anilines is 3. The largest absolute Gasteiger partial charge is 0.494 e. The second-order valence-corrected chi connectivity index (χ2v) is 4.24. The van der Waals surface area contributed by atoms with Crippen molar-refractivity contribution in [2.24, 2.45) is 0 Å². The minimum absolute atomic E-state index is 0.0558.